The lowest BCUT2D eigenvalue weighted by molar-refractivity contribution is -0.119. The monoisotopic (exact) mass is 480 g/mol. The van der Waals surface area contributed by atoms with Gasteiger partial charge in [-0.2, -0.15) is 0 Å². The maximum absolute atomic E-state index is 12.4. The van der Waals surface area contributed by atoms with Crippen LogP contribution in [0.3, 0.4) is 0 Å². The lowest BCUT2D eigenvalue weighted by atomic mass is 9.98. The molecule has 1 fully saturated rings. The molecular formula is C28H33FN2O2S. The molecule has 0 spiro atoms. The number of halogens is 1. The molecule has 1 amide bonds. The largest absolute Gasteiger partial charge is 0.381 e. The van der Waals surface area contributed by atoms with Crippen LogP contribution in [0.25, 0.3) is 10.9 Å². The molecule has 1 N–H and O–H groups in total. The summed E-state index contributed by atoms with van der Waals surface area (Å²) in [7, 11) is 0. The molecule has 1 aliphatic heterocycles. The molecule has 2 heterocycles. The van der Waals surface area contributed by atoms with Crippen LogP contribution in [0.1, 0.15) is 50.7 Å². The van der Waals surface area contributed by atoms with Crippen molar-refractivity contribution in [3.63, 3.8) is 0 Å². The van der Waals surface area contributed by atoms with Gasteiger partial charge in [0, 0.05) is 42.5 Å². The molecule has 0 saturated carbocycles. The van der Waals surface area contributed by atoms with Crippen LogP contribution < -0.4 is 5.32 Å². The Morgan fingerprint density at radius 2 is 2.00 bits per heavy atom. The number of nitrogens with one attached hydrogen (secondary N) is 1. The van der Waals surface area contributed by atoms with Crippen molar-refractivity contribution in [2.75, 3.05) is 13.2 Å². The first kappa shape index (κ1) is 25.8. The third kappa shape index (κ3) is 7.34. The van der Waals surface area contributed by atoms with Gasteiger partial charge in [0.1, 0.15) is 5.82 Å². The summed E-state index contributed by atoms with van der Waals surface area (Å²) in [6.45, 7) is 7.91. The average Bonchev–Trinajstić information content (AvgIpc) is 3.50. The number of hydrogen-bond acceptors (Lipinski definition) is 3. The molecule has 2 aromatic carbocycles. The molecule has 34 heavy (non-hydrogen) atoms. The lowest BCUT2D eigenvalue weighted by Crippen LogP contribution is -2.18. The van der Waals surface area contributed by atoms with Crippen molar-refractivity contribution in [3.05, 3.63) is 94.8 Å². The van der Waals surface area contributed by atoms with Gasteiger partial charge in [0.25, 0.3) is 0 Å². The van der Waals surface area contributed by atoms with Gasteiger partial charge in [0.15, 0.2) is 0 Å². The second kappa shape index (κ2) is 13.2. The molecule has 0 radical (unpaired) electrons. The van der Waals surface area contributed by atoms with Crippen molar-refractivity contribution < 1.29 is 13.9 Å². The van der Waals surface area contributed by atoms with Crippen LogP contribution >= 0.6 is 11.9 Å². The number of benzene rings is 2. The maximum Gasteiger partial charge on any atom is 0.217 e. The molecule has 0 aliphatic carbocycles. The fraction of sp³-hybridized carbons (Fsp3) is 0.321. The number of nitrogens with zero attached hydrogens (tertiary/aromatic N) is 1. The summed E-state index contributed by atoms with van der Waals surface area (Å²) in [6.07, 6.45) is 10.9. The third-order valence-corrected chi connectivity index (χ3v) is 6.73. The highest BCUT2D eigenvalue weighted by Gasteiger charge is 2.22. The van der Waals surface area contributed by atoms with E-state index < -0.39 is 0 Å². The molecular weight excluding hydrogens is 447 g/mol. The Labute approximate surface area is 206 Å². The van der Waals surface area contributed by atoms with Crippen LogP contribution in [0.15, 0.2) is 77.9 Å². The van der Waals surface area contributed by atoms with E-state index in [1.54, 1.807) is 12.1 Å². The van der Waals surface area contributed by atoms with Crippen LogP contribution in [0.4, 0.5) is 4.39 Å². The van der Waals surface area contributed by atoms with E-state index in [4.69, 9.17) is 4.74 Å². The maximum atomic E-state index is 12.4. The summed E-state index contributed by atoms with van der Waals surface area (Å²) in [5.74, 6) is 0.192. The fourth-order valence-corrected chi connectivity index (χ4v) is 4.67. The Hall–Kier alpha value is -2.83. The number of rotatable bonds is 7. The third-order valence-electron chi connectivity index (χ3n) is 5.57. The zero-order valence-corrected chi connectivity index (χ0v) is 20.9. The summed E-state index contributed by atoms with van der Waals surface area (Å²) in [6, 6.07) is 14.7. The minimum absolute atomic E-state index is 0.0840. The van der Waals surface area contributed by atoms with E-state index in [9.17, 15) is 9.18 Å². The number of amides is 1. The summed E-state index contributed by atoms with van der Waals surface area (Å²) in [5, 5.41) is 3.99. The Balaban J connectivity index is 0.000000229. The second-order valence-electron chi connectivity index (χ2n) is 8.13. The number of para-hydroxylation sites is 1. The topological polar surface area (TPSA) is 43.3 Å². The van der Waals surface area contributed by atoms with E-state index in [1.807, 2.05) is 11.9 Å². The van der Waals surface area contributed by atoms with Gasteiger partial charge in [-0.15, -0.1) is 0 Å². The predicted octanol–water partition coefficient (Wildman–Crippen LogP) is 6.97. The Kier molecular flexibility index (Phi) is 9.98. The Morgan fingerprint density at radius 3 is 2.65 bits per heavy atom. The van der Waals surface area contributed by atoms with Gasteiger partial charge in [-0.05, 0) is 61.0 Å². The first-order valence-corrected chi connectivity index (χ1v) is 12.5. The molecule has 3 aromatic rings. The van der Waals surface area contributed by atoms with Crippen LogP contribution in [0.2, 0.25) is 0 Å². The van der Waals surface area contributed by atoms with Gasteiger partial charge in [0.05, 0.1) is 12.1 Å². The van der Waals surface area contributed by atoms with E-state index in [-0.39, 0.29) is 11.7 Å². The van der Waals surface area contributed by atoms with Crippen molar-refractivity contribution in [1.29, 1.82) is 0 Å². The van der Waals surface area contributed by atoms with Gasteiger partial charge < -0.3 is 10.1 Å². The van der Waals surface area contributed by atoms with Crippen molar-refractivity contribution in [2.24, 2.45) is 0 Å². The Bertz CT molecular complexity index is 1130. The molecule has 1 atom stereocenters. The van der Waals surface area contributed by atoms with Crippen LogP contribution in [0, 0.1) is 5.82 Å². The summed E-state index contributed by atoms with van der Waals surface area (Å²) < 4.78 is 20.3. The molecule has 1 saturated heterocycles. The molecule has 1 unspecified atom stereocenters. The van der Waals surface area contributed by atoms with E-state index in [1.165, 1.54) is 40.4 Å². The molecule has 4 rings (SSSR count). The number of hydrogen-bond donors (Lipinski definition) is 1. The van der Waals surface area contributed by atoms with E-state index in [2.05, 4.69) is 71.8 Å². The number of carbonyl (C=O) groups is 1. The Morgan fingerprint density at radius 1 is 1.24 bits per heavy atom. The molecule has 1 aliphatic rings. The summed E-state index contributed by atoms with van der Waals surface area (Å²) >= 11 is 1.82. The molecule has 1 aromatic heterocycles. The number of carbonyl (C=O) groups excluding carboxylic acids is 1. The zero-order chi connectivity index (χ0) is 24.3. The number of ether oxygens (including phenoxy) is 1. The first-order valence-electron chi connectivity index (χ1n) is 11.7. The highest BCUT2D eigenvalue weighted by atomic mass is 32.2. The number of fused-ring (bicyclic) bond motifs is 1. The van der Waals surface area contributed by atoms with Gasteiger partial charge in [0.2, 0.25) is 5.91 Å². The van der Waals surface area contributed by atoms with E-state index in [0.717, 1.165) is 31.6 Å². The van der Waals surface area contributed by atoms with Gasteiger partial charge in [-0.1, -0.05) is 55.5 Å². The fourth-order valence-electron chi connectivity index (χ4n) is 3.73. The highest BCUT2D eigenvalue weighted by molar-refractivity contribution is 8.01. The normalized spacial score (nSPS) is 16.0. The highest BCUT2D eigenvalue weighted by Crippen LogP contribution is 2.36. The van der Waals surface area contributed by atoms with Crippen molar-refractivity contribution >= 4 is 28.8 Å². The molecule has 0 bridgehead atoms. The SMILES string of the molecule is C/C=C\C=C(/CC)Sn1cc(C2CCOC2)c2ccccc21.CC(=O)NCc1ccc(F)cc1. The van der Waals surface area contributed by atoms with E-state index in [0.29, 0.717) is 12.5 Å². The molecule has 6 heteroatoms. The lowest BCUT2D eigenvalue weighted by Gasteiger charge is -2.06. The van der Waals surface area contributed by atoms with Crippen LogP contribution in [0.5, 0.6) is 0 Å². The minimum Gasteiger partial charge on any atom is -0.381 e. The van der Waals surface area contributed by atoms with Gasteiger partial charge >= 0.3 is 0 Å². The quantitative estimate of drug-likeness (QED) is 0.371. The summed E-state index contributed by atoms with van der Waals surface area (Å²) in [4.78, 5) is 11.9. The zero-order valence-electron chi connectivity index (χ0n) is 20.1. The van der Waals surface area contributed by atoms with Crippen molar-refractivity contribution in [3.8, 4) is 0 Å². The summed E-state index contributed by atoms with van der Waals surface area (Å²) in [5.41, 5.74) is 3.63. The van der Waals surface area contributed by atoms with Crippen molar-refractivity contribution in [1.82, 2.24) is 9.29 Å². The first-order chi connectivity index (χ1) is 16.5. The van der Waals surface area contributed by atoms with Crippen molar-refractivity contribution in [2.45, 2.75) is 46.1 Å². The average molecular weight is 481 g/mol. The molecule has 180 valence electrons. The van der Waals surface area contributed by atoms with Gasteiger partial charge in [-0.3, -0.25) is 8.77 Å². The van der Waals surface area contributed by atoms with E-state index >= 15 is 0 Å². The standard InChI is InChI=1S/C19H23NOS.C9H10FNO/c1-3-5-8-16(4-2)22-20-13-18(15-11-12-21-14-15)17-9-6-7-10-19(17)20;1-7(12)11-6-8-2-4-9(10)5-3-8/h3,5-10,13,15H,4,11-12,14H2,1-2H3;2-5H,6H2,1H3,(H,11,12)/b5-3-,16-8+;. The minimum atomic E-state index is -0.262. The second-order valence-corrected chi connectivity index (χ2v) is 9.23. The number of aromatic nitrogens is 1. The molecule has 4 nitrogen and oxygen atoms in total. The van der Waals surface area contributed by atoms with Crippen LogP contribution in [-0.4, -0.2) is 23.1 Å². The predicted molar refractivity (Wildman–Crippen MR) is 140 cm³/mol. The number of allylic oxidation sites excluding steroid dienone is 4. The van der Waals surface area contributed by atoms with Gasteiger partial charge in [-0.25, -0.2) is 4.39 Å². The van der Waals surface area contributed by atoms with Crippen LogP contribution in [-0.2, 0) is 16.1 Å². The smallest absolute Gasteiger partial charge is 0.217 e.